The molecule has 11 heteroatoms. The smallest absolute Gasteiger partial charge is 0.193 e. The molecule has 0 atom stereocenters. The predicted molar refractivity (Wildman–Crippen MR) is 107 cm³/mol. The van der Waals surface area contributed by atoms with Crippen LogP contribution in [0.15, 0.2) is 50.7 Å². The Kier molecular flexibility index (Phi) is 7.48. The summed E-state index contributed by atoms with van der Waals surface area (Å²) in [7, 11) is -8.36. The van der Waals surface area contributed by atoms with Gasteiger partial charge >= 0.3 is 20.2 Å². The quantitative estimate of drug-likeness (QED) is 0.487. The average Bonchev–Trinajstić information content (AvgIpc) is 2.66. The number of hydrogen-bond donors (Lipinski definition) is 0. The van der Waals surface area contributed by atoms with E-state index in [2.05, 4.69) is 23.4 Å². The van der Waals surface area contributed by atoms with Crippen LogP contribution >= 0.6 is 39.7 Å². The predicted octanol–water partition coefficient (Wildman–Crippen LogP) is 4.90. The number of halogens is 3. The minimum Gasteiger partial charge on any atom is -0.193 e. The van der Waals surface area contributed by atoms with Crippen molar-refractivity contribution in [2.45, 2.75) is 23.1 Å². The highest BCUT2D eigenvalue weighted by Gasteiger charge is 2.21. The number of rotatable bonds is 7. The van der Waals surface area contributed by atoms with Crippen molar-refractivity contribution in [3.8, 4) is 0 Å². The molecule has 0 radical (unpaired) electrons. The van der Waals surface area contributed by atoms with Gasteiger partial charge in [0.15, 0.2) is 0 Å². The largest absolute Gasteiger partial charge is 0.313 e. The average molecular weight is 516 g/mol. The van der Waals surface area contributed by atoms with Gasteiger partial charge in [-0.1, -0.05) is 53.2 Å². The first-order valence-electron chi connectivity index (χ1n) is 7.35. The van der Waals surface area contributed by atoms with Crippen LogP contribution in [0.2, 0.25) is 0 Å². The van der Waals surface area contributed by atoms with Crippen LogP contribution in [0.1, 0.15) is 23.6 Å². The van der Waals surface area contributed by atoms with E-state index in [1.807, 2.05) is 6.92 Å². The molecule has 0 aromatic heterocycles. The van der Waals surface area contributed by atoms with Crippen LogP contribution in [0, 0.1) is 0 Å². The summed E-state index contributed by atoms with van der Waals surface area (Å²) in [5, 5.41) is 0. The maximum absolute atomic E-state index is 12.1. The Hall–Kier alpha value is -0.940. The van der Waals surface area contributed by atoms with Crippen molar-refractivity contribution in [1.29, 1.82) is 0 Å². The summed E-state index contributed by atoms with van der Waals surface area (Å²) in [6.45, 7) is 1.87. The van der Waals surface area contributed by atoms with Gasteiger partial charge in [0.05, 0.1) is 23.7 Å². The fourth-order valence-electron chi connectivity index (χ4n) is 2.26. The third-order valence-corrected chi connectivity index (χ3v) is 7.21. The number of hydrogen-bond acceptors (Lipinski definition) is 6. The molecule has 0 unspecified atom stereocenters. The fourth-order valence-corrected chi connectivity index (χ4v) is 4.73. The van der Waals surface area contributed by atoms with Crippen molar-refractivity contribution in [2.75, 3.05) is 0 Å². The Morgan fingerprint density at radius 3 is 1.85 bits per heavy atom. The molecule has 0 fully saturated rings. The first-order valence-corrected chi connectivity index (χ1v) is 11.6. The van der Waals surface area contributed by atoms with Gasteiger partial charge in [0.2, 0.25) is 0 Å². The molecule has 0 N–H and O–H groups in total. The Morgan fingerprint density at radius 2 is 1.37 bits per heavy atom. The minimum absolute atomic E-state index is 0.136. The van der Waals surface area contributed by atoms with E-state index in [9.17, 15) is 16.8 Å². The highest BCUT2D eigenvalue weighted by atomic mass is 79.9. The van der Waals surface area contributed by atoms with E-state index in [0.29, 0.717) is 10.9 Å². The summed E-state index contributed by atoms with van der Waals surface area (Å²) < 4.78 is 56.8. The monoisotopic (exact) mass is 514 g/mol. The topological polar surface area (TPSA) is 86.7 Å². The van der Waals surface area contributed by atoms with Crippen LogP contribution in [0.3, 0.4) is 0 Å². The highest BCUT2D eigenvalue weighted by Crippen LogP contribution is 2.27. The van der Waals surface area contributed by atoms with Gasteiger partial charge < -0.3 is 0 Å². The van der Waals surface area contributed by atoms with Crippen LogP contribution < -0.4 is 0 Å². The van der Waals surface area contributed by atoms with Crippen molar-refractivity contribution < 1.29 is 24.3 Å². The first kappa shape index (κ1) is 22.4. The van der Waals surface area contributed by atoms with Crippen molar-refractivity contribution in [2.24, 2.45) is 0 Å². The van der Waals surface area contributed by atoms with E-state index in [1.54, 1.807) is 18.2 Å². The zero-order chi connectivity index (χ0) is 20.2. The lowest BCUT2D eigenvalue weighted by Gasteiger charge is -2.08. The summed E-state index contributed by atoms with van der Waals surface area (Å²) in [6.07, 6.45) is 3.46. The van der Waals surface area contributed by atoms with Gasteiger partial charge in [-0.3, -0.25) is 0 Å². The second-order valence-electron chi connectivity index (χ2n) is 5.28. The van der Waals surface area contributed by atoms with E-state index in [4.69, 9.17) is 23.7 Å². The molecule has 0 aliphatic carbocycles. The second kappa shape index (κ2) is 9.04. The first-order chi connectivity index (χ1) is 12.6. The van der Waals surface area contributed by atoms with Crippen LogP contribution in [0.4, 0.5) is 0 Å². The van der Waals surface area contributed by atoms with Gasteiger partial charge in [-0.25, -0.2) is 0 Å². The Labute approximate surface area is 176 Å². The van der Waals surface area contributed by atoms with E-state index in [-0.39, 0.29) is 20.9 Å². The number of benzene rings is 2. The Morgan fingerprint density at radius 1 is 0.889 bits per heavy atom. The fraction of sp³-hybridized carbons (Fsp3) is 0.125. The summed E-state index contributed by atoms with van der Waals surface area (Å²) in [5.74, 6) is 0. The molecule has 6 nitrogen and oxygen atoms in total. The molecule has 2 aromatic rings. The van der Waals surface area contributed by atoms with E-state index >= 15 is 0 Å². The number of aryl methyl sites for hydroxylation is 1. The van der Waals surface area contributed by atoms with Crippen molar-refractivity contribution in [1.82, 2.24) is 0 Å². The normalized spacial score (nSPS) is 12.6. The van der Waals surface area contributed by atoms with Crippen LogP contribution in [0.5, 0.6) is 0 Å². The summed E-state index contributed by atoms with van der Waals surface area (Å²) in [5.41, 5.74) is 1.28. The molecule has 2 rings (SSSR count). The minimum atomic E-state index is -4.19. The van der Waals surface area contributed by atoms with Crippen molar-refractivity contribution in [3.05, 3.63) is 57.6 Å². The summed E-state index contributed by atoms with van der Waals surface area (Å²) >= 11 is 13.4. The maximum Gasteiger partial charge on any atom is 0.313 e. The Balaban J connectivity index is 2.61. The lowest BCUT2D eigenvalue weighted by atomic mass is 10.1. The Bertz CT molecular complexity index is 1080. The van der Waals surface area contributed by atoms with Gasteiger partial charge in [-0.05, 0) is 41.3 Å². The van der Waals surface area contributed by atoms with Gasteiger partial charge in [-0.2, -0.15) is 24.3 Å². The van der Waals surface area contributed by atoms with Gasteiger partial charge in [0.1, 0.15) is 9.79 Å². The molecule has 0 aliphatic rings. The lowest BCUT2D eigenvalue weighted by molar-refractivity contribution is 0.506. The van der Waals surface area contributed by atoms with E-state index in [0.717, 1.165) is 5.56 Å². The molecule has 0 saturated heterocycles. The molecule has 0 bridgehead atoms. The van der Waals surface area contributed by atoms with E-state index < -0.39 is 20.2 Å². The molecule has 27 heavy (non-hydrogen) atoms. The zero-order valence-corrected chi connectivity index (χ0v) is 18.5. The van der Waals surface area contributed by atoms with Gasteiger partial charge in [0, 0.05) is 4.47 Å². The summed E-state index contributed by atoms with van der Waals surface area (Å²) in [4.78, 5) is -0.325. The maximum atomic E-state index is 12.1. The lowest BCUT2D eigenvalue weighted by Crippen LogP contribution is -2.04. The molecule has 0 amide bonds. The molecule has 0 heterocycles. The molecule has 0 aliphatic heterocycles. The molecular formula is C16H13BrCl2O6S2. The van der Waals surface area contributed by atoms with Crippen molar-refractivity contribution >= 4 is 72.1 Å². The summed E-state index contributed by atoms with van der Waals surface area (Å²) in [6, 6.07) is 9.20. The molecule has 146 valence electrons. The standard InChI is InChI=1S/C16H13BrCl2O6S2/c1-2-11-3-4-12(15(9-11)26(20,21)24-18)5-6-13-7-8-14(17)10-16(13)27(22,23)25-19/h3-10H,2H2,1H3/b6-5+. The molecule has 0 spiro atoms. The van der Waals surface area contributed by atoms with E-state index in [1.165, 1.54) is 30.4 Å². The van der Waals surface area contributed by atoms with Crippen LogP contribution in [-0.2, 0) is 34.1 Å². The van der Waals surface area contributed by atoms with Gasteiger partial charge in [0.25, 0.3) is 0 Å². The SMILES string of the molecule is CCc1ccc(/C=C/c2ccc(Br)cc2S(=O)(=O)OCl)c(S(=O)(=O)OCl)c1. The third-order valence-electron chi connectivity index (χ3n) is 3.61. The zero-order valence-electron chi connectivity index (χ0n) is 13.7. The third kappa shape index (κ3) is 5.32. The van der Waals surface area contributed by atoms with Crippen LogP contribution in [-0.4, -0.2) is 16.8 Å². The second-order valence-corrected chi connectivity index (χ2v) is 9.90. The van der Waals surface area contributed by atoms with Crippen molar-refractivity contribution in [3.63, 3.8) is 0 Å². The molecular weight excluding hydrogens is 503 g/mol. The highest BCUT2D eigenvalue weighted by molar-refractivity contribution is 9.10. The van der Waals surface area contributed by atoms with Gasteiger partial charge in [-0.15, -0.1) is 0 Å². The van der Waals surface area contributed by atoms with Crippen LogP contribution in [0.25, 0.3) is 12.2 Å². The molecule has 2 aromatic carbocycles. The molecule has 0 saturated carbocycles.